The third kappa shape index (κ3) is 3.19. The van der Waals surface area contributed by atoms with Crippen LogP contribution in [0, 0.1) is 5.41 Å². The van der Waals surface area contributed by atoms with Gasteiger partial charge in [0.1, 0.15) is 0 Å². The highest BCUT2D eigenvalue weighted by Crippen LogP contribution is 2.17. The van der Waals surface area contributed by atoms with Crippen LogP contribution in [0.4, 0.5) is 0 Å². The van der Waals surface area contributed by atoms with Gasteiger partial charge in [-0.15, -0.1) is 0 Å². The molecule has 3 aromatic rings. The number of hydrogen-bond acceptors (Lipinski definition) is 2. The van der Waals surface area contributed by atoms with Crippen molar-refractivity contribution in [2.24, 2.45) is 7.05 Å². The lowest BCUT2D eigenvalue weighted by molar-refractivity contribution is 0.0970. The molecule has 5 heteroatoms. The molecule has 2 aromatic carbocycles. The molecule has 0 saturated carbocycles. The van der Waals surface area contributed by atoms with Crippen LogP contribution in [0.1, 0.15) is 10.4 Å². The SMILES string of the molecule is Cn1c(-c2ccccc2)cn(CC(=O)c2ccc(Br)cc2)c1=N. The molecule has 1 N–H and O–H groups in total. The Morgan fingerprint density at radius 2 is 1.74 bits per heavy atom. The van der Waals surface area contributed by atoms with E-state index in [2.05, 4.69) is 15.9 Å². The summed E-state index contributed by atoms with van der Waals surface area (Å²) in [5.41, 5.74) is 2.89. The lowest BCUT2D eigenvalue weighted by Crippen LogP contribution is -2.25. The van der Waals surface area contributed by atoms with E-state index in [1.54, 1.807) is 21.3 Å². The fraction of sp³-hybridized carbons (Fsp3) is 0.111. The first-order chi connectivity index (χ1) is 11.1. The van der Waals surface area contributed by atoms with Crippen molar-refractivity contribution < 1.29 is 4.79 Å². The van der Waals surface area contributed by atoms with Crippen molar-refractivity contribution >= 4 is 21.7 Å². The van der Waals surface area contributed by atoms with E-state index in [9.17, 15) is 4.79 Å². The van der Waals surface area contributed by atoms with E-state index in [1.807, 2.05) is 55.7 Å². The Morgan fingerprint density at radius 3 is 2.39 bits per heavy atom. The number of Topliss-reactive ketones (excluding diaryl/α,β-unsaturated/α-hetero) is 1. The molecule has 0 unspecified atom stereocenters. The van der Waals surface area contributed by atoms with Crippen LogP contribution in [-0.4, -0.2) is 14.9 Å². The fourth-order valence-corrected chi connectivity index (χ4v) is 2.75. The van der Waals surface area contributed by atoms with Crippen molar-refractivity contribution in [3.05, 3.63) is 76.4 Å². The Bertz CT molecular complexity index is 892. The Balaban J connectivity index is 1.91. The largest absolute Gasteiger partial charge is 0.314 e. The second kappa shape index (κ2) is 6.38. The molecule has 0 aliphatic carbocycles. The predicted molar refractivity (Wildman–Crippen MR) is 93.2 cm³/mol. The number of aromatic nitrogens is 2. The molecule has 0 aliphatic rings. The first kappa shape index (κ1) is 15.5. The smallest absolute Gasteiger partial charge is 0.202 e. The van der Waals surface area contributed by atoms with Gasteiger partial charge in [0.15, 0.2) is 5.78 Å². The Labute approximate surface area is 142 Å². The summed E-state index contributed by atoms with van der Waals surface area (Å²) in [5, 5.41) is 8.22. The van der Waals surface area contributed by atoms with Crippen LogP contribution >= 0.6 is 15.9 Å². The molecule has 0 aliphatic heterocycles. The molecule has 0 fully saturated rings. The zero-order chi connectivity index (χ0) is 16.4. The minimum atomic E-state index is -0.0128. The normalized spacial score (nSPS) is 10.7. The molecule has 116 valence electrons. The first-order valence-corrected chi connectivity index (χ1v) is 8.00. The molecule has 3 rings (SSSR count). The average Bonchev–Trinajstić information content (AvgIpc) is 2.85. The molecule has 23 heavy (non-hydrogen) atoms. The van der Waals surface area contributed by atoms with E-state index in [0.717, 1.165) is 15.7 Å². The monoisotopic (exact) mass is 369 g/mol. The van der Waals surface area contributed by atoms with Crippen molar-refractivity contribution in [1.82, 2.24) is 9.13 Å². The molecule has 4 nitrogen and oxygen atoms in total. The zero-order valence-corrected chi connectivity index (χ0v) is 14.2. The van der Waals surface area contributed by atoms with Gasteiger partial charge >= 0.3 is 0 Å². The van der Waals surface area contributed by atoms with Gasteiger partial charge < -0.3 is 9.13 Å². The topological polar surface area (TPSA) is 50.8 Å². The van der Waals surface area contributed by atoms with Gasteiger partial charge in [-0.2, -0.15) is 0 Å². The van der Waals surface area contributed by atoms with Crippen molar-refractivity contribution in [2.45, 2.75) is 6.54 Å². The number of carbonyl (C=O) groups excluding carboxylic acids is 1. The number of nitrogens with zero attached hydrogens (tertiary/aromatic N) is 2. The van der Waals surface area contributed by atoms with Gasteiger partial charge in [-0.1, -0.05) is 58.4 Å². The molecule has 0 amide bonds. The molecule has 0 saturated heterocycles. The minimum absolute atomic E-state index is 0.0128. The number of carbonyl (C=O) groups is 1. The van der Waals surface area contributed by atoms with E-state index in [0.29, 0.717) is 11.2 Å². The number of rotatable bonds is 4. The van der Waals surface area contributed by atoms with Crippen molar-refractivity contribution in [3.8, 4) is 11.3 Å². The molecule has 0 atom stereocenters. The molecule has 0 bridgehead atoms. The van der Waals surface area contributed by atoms with Crippen molar-refractivity contribution in [3.63, 3.8) is 0 Å². The van der Waals surface area contributed by atoms with Gasteiger partial charge in [0.25, 0.3) is 0 Å². The zero-order valence-electron chi connectivity index (χ0n) is 12.7. The molecular formula is C18H16BrN3O. The predicted octanol–water partition coefficient (Wildman–Crippen LogP) is 3.62. The molecule has 1 heterocycles. The van der Waals surface area contributed by atoms with E-state index >= 15 is 0 Å². The third-order valence-corrected chi connectivity index (χ3v) is 4.31. The van der Waals surface area contributed by atoms with E-state index in [-0.39, 0.29) is 12.3 Å². The van der Waals surface area contributed by atoms with Crippen LogP contribution in [0.15, 0.2) is 65.3 Å². The Hall–Kier alpha value is -2.40. The number of benzene rings is 2. The van der Waals surface area contributed by atoms with E-state index < -0.39 is 0 Å². The van der Waals surface area contributed by atoms with Gasteiger partial charge in [0, 0.05) is 23.3 Å². The van der Waals surface area contributed by atoms with Gasteiger partial charge in [-0.25, -0.2) is 0 Å². The highest BCUT2D eigenvalue weighted by molar-refractivity contribution is 9.10. The van der Waals surface area contributed by atoms with E-state index in [4.69, 9.17) is 5.41 Å². The quantitative estimate of drug-likeness (QED) is 0.701. The van der Waals surface area contributed by atoms with Crippen molar-refractivity contribution in [1.29, 1.82) is 5.41 Å². The van der Waals surface area contributed by atoms with Gasteiger partial charge in [-0.3, -0.25) is 10.2 Å². The van der Waals surface area contributed by atoms with Crippen molar-refractivity contribution in [2.75, 3.05) is 0 Å². The van der Waals surface area contributed by atoms with Crippen LogP contribution < -0.4 is 5.62 Å². The van der Waals surface area contributed by atoms with Crippen LogP contribution in [0.5, 0.6) is 0 Å². The fourth-order valence-electron chi connectivity index (χ4n) is 2.48. The lowest BCUT2D eigenvalue weighted by atomic mass is 10.1. The number of imidazole rings is 1. The molecular weight excluding hydrogens is 354 g/mol. The molecule has 1 aromatic heterocycles. The number of hydrogen-bond donors (Lipinski definition) is 1. The van der Waals surface area contributed by atoms with Gasteiger partial charge in [0.05, 0.1) is 12.2 Å². The Kier molecular flexibility index (Phi) is 4.30. The maximum absolute atomic E-state index is 12.4. The summed E-state index contributed by atoms with van der Waals surface area (Å²) >= 11 is 3.36. The van der Waals surface area contributed by atoms with Gasteiger partial charge in [-0.05, 0) is 17.7 Å². The summed E-state index contributed by atoms with van der Waals surface area (Å²) < 4.78 is 4.39. The summed E-state index contributed by atoms with van der Waals surface area (Å²) in [7, 11) is 1.84. The number of ketones is 1. The van der Waals surface area contributed by atoms with Crippen LogP contribution in [0.3, 0.4) is 0 Å². The second-order valence-electron chi connectivity index (χ2n) is 5.32. The van der Waals surface area contributed by atoms with Crippen LogP contribution in [0.2, 0.25) is 0 Å². The standard InChI is InChI=1S/C18H16BrN3O/c1-21-16(13-5-3-2-4-6-13)11-22(18(21)20)12-17(23)14-7-9-15(19)10-8-14/h2-11,20H,12H2,1H3. The highest BCUT2D eigenvalue weighted by Gasteiger charge is 2.12. The van der Waals surface area contributed by atoms with Gasteiger partial charge in [0.2, 0.25) is 5.62 Å². The summed E-state index contributed by atoms with van der Waals surface area (Å²) in [6.07, 6.45) is 1.86. The minimum Gasteiger partial charge on any atom is -0.314 e. The average molecular weight is 370 g/mol. The molecule has 0 radical (unpaired) electrons. The summed E-state index contributed by atoms with van der Waals surface area (Å²) in [6, 6.07) is 17.1. The highest BCUT2D eigenvalue weighted by atomic mass is 79.9. The second-order valence-corrected chi connectivity index (χ2v) is 6.24. The maximum Gasteiger partial charge on any atom is 0.202 e. The Morgan fingerprint density at radius 1 is 1.09 bits per heavy atom. The lowest BCUT2D eigenvalue weighted by Gasteiger charge is -2.02. The summed E-state index contributed by atoms with van der Waals surface area (Å²) in [5.74, 6) is -0.0128. The van der Waals surface area contributed by atoms with Crippen LogP contribution in [0.25, 0.3) is 11.3 Å². The first-order valence-electron chi connectivity index (χ1n) is 7.21. The number of nitrogens with one attached hydrogen (secondary N) is 1. The van der Waals surface area contributed by atoms with Crippen LogP contribution in [-0.2, 0) is 13.6 Å². The maximum atomic E-state index is 12.4. The molecule has 0 spiro atoms. The van der Waals surface area contributed by atoms with E-state index in [1.165, 1.54) is 0 Å². The third-order valence-electron chi connectivity index (χ3n) is 3.78. The number of halogens is 1. The summed E-state index contributed by atoms with van der Waals surface area (Å²) in [4.78, 5) is 12.4. The summed E-state index contributed by atoms with van der Waals surface area (Å²) in [6.45, 7) is 0.154.